The summed E-state index contributed by atoms with van der Waals surface area (Å²) in [5, 5.41) is 5.30. The lowest BCUT2D eigenvalue weighted by Crippen LogP contribution is -1.69. The molecule has 0 spiro atoms. The largest absolute Gasteiger partial charge is 0.256 e. The monoisotopic (exact) mass is 175 g/mol. The number of nitrogens with one attached hydrogen (secondary N) is 1. The third-order valence-corrected chi connectivity index (χ3v) is 2.74. The Bertz CT molecular complexity index is 487. The van der Waals surface area contributed by atoms with Crippen LogP contribution in [0.2, 0.25) is 0 Å². The fourth-order valence-corrected chi connectivity index (χ4v) is 2.09. The van der Waals surface area contributed by atoms with Crippen molar-refractivity contribution in [1.29, 1.82) is 0 Å². The second-order valence-corrected chi connectivity index (χ2v) is 3.39. The molecule has 2 heterocycles. The van der Waals surface area contributed by atoms with Gasteiger partial charge in [-0.05, 0) is 29.7 Å². The zero-order chi connectivity index (χ0) is 7.97. The maximum absolute atomic E-state index is 4.21. The van der Waals surface area contributed by atoms with Gasteiger partial charge in [-0.15, -0.1) is 0 Å². The standard InChI is InChI=1S/C8H5N3S/c1-2-7-8(12-11-10-7)5-3-4-9-6(1)5/h1-4,11H. The smallest absolute Gasteiger partial charge is 0.104 e. The summed E-state index contributed by atoms with van der Waals surface area (Å²) in [6, 6.07) is 5.99. The van der Waals surface area contributed by atoms with Crippen LogP contribution in [-0.2, 0) is 0 Å². The molecular weight excluding hydrogens is 170 g/mol. The maximum Gasteiger partial charge on any atom is 0.104 e. The second kappa shape index (κ2) is 2.04. The zero-order valence-corrected chi connectivity index (χ0v) is 6.93. The molecule has 0 atom stereocenters. The molecule has 0 amide bonds. The Labute approximate surface area is 72.2 Å². The Morgan fingerprint density at radius 2 is 2.08 bits per heavy atom. The van der Waals surface area contributed by atoms with Gasteiger partial charge in [-0.2, -0.15) is 5.10 Å². The first kappa shape index (κ1) is 6.14. The number of rotatable bonds is 0. The number of H-pyrrole nitrogens is 1. The van der Waals surface area contributed by atoms with Crippen molar-refractivity contribution in [2.45, 2.75) is 0 Å². The van der Waals surface area contributed by atoms with Crippen LogP contribution >= 0.6 is 11.5 Å². The third-order valence-electron chi connectivity index (χ3n) is 1.92. The minimum atomic E-state index is 1.01. The van der Waals surface area contributed by atoms with Gasteiger partial charge in [-0.1, -0.05) is 0 Å². The van der Waals surface area contributed by atoms with Crippen LogP contribution < -0.4 is 0 Å². The molecule has 0 fully saturated rings. The number of hydrogen-bond acceptors (Lipinski definition) is 3. The first-order valence-electron chi connectivity index (χ1n) is 3.62. The van der Waals surface area contributed by atoms with E-state index in [0.717, 1.165) is 11.0 Å². The molecule has 0 saturated carbocycles. The van der Waals surface area contributed by atoms with Crippen molar-refractivity contribution < 1.29 is 0 Å². The van der Waals surface area contributed by atoms with Crippen LogP contribution in [0.5, 0.6) is 0 Å². The molecule has 0 unspecified atom stereocenters. The van der Waals surface area contributed by atoms with Gasteiger partial charge in [-0.3, -0.25) is 4.98 Å². The van der Waals surface area contributed by atoms with Crippen LogP contribution in [0.25, 0.3) is 21.1 Å². The summed E-state index contributed by atoms with van der Waals surface area (Å²) in [7, 11) is 0. The fraction of sp³-hybridized carbons (Fsp3) is 0. The van der Waals surface area contributed by atoms with E-state index in [0.29, 0.717) is 0 Å². The summed E-state index contributed by atoms with van der Waals surface area (Å²) in [4.78, 5) is 4.21. The molecule has 0 bridgehead atoms. The van der Waals surface area contributed by atoms with Gasteiger partial charge in [-0.25, -0.2) is 4.49 Å². The molecule has 1 N–H and O–H groups in total. The van der Waals surface area contributed by atoms with E-state index in [9.17, 15) is 0 Å². The summed E-state index contributed by atoms with van der Waals surface area (Å²) >= 11 is 1.55. The summed E-state index contributed by atoms with van der Waals surface area (Å²) in [6.07, 6.45) is 1.82. The van der Waals surface area contributed by atoms with Crippen LogP contribution in [0.1, 0.15) is 0 Å². The van der Waals surface area contributed by atoms with Crippen LogP contribution in [0.3, 0.4) is 0 Å². The van der Waals surface area contributed by atoms with Crippen molar-refractivity contribution in [2.24, 2.45) is 0 Å². The van der Waals surface area contributed by atoms with E-state index in [-0.39, 0.29) is 0 Å². The van der Waals surface area contributed by atoms with Crippen molar-refractivity contribution in [3.63, 3.8) is 0 Å². The van der Waals surface area contributed by atoms with Gasteiger partial charge in [0, 0.05) is 11.6 Å². The van der Waals surface area contributed by atoms with Gasteiger partial charge in [0.2, 0.25) is 0 Å². The third kappa shape index (κ3) is 0.648. The molecule has 12 heavy (non-hydrogen) atoms. The Hall–Kier alpha value is -1.42. The Balaban J connectivity index is 2.71. The minimum Gasteiger partial charge on any atom is -0.256 e. The predicted octanol–water partition coefficient (Wildman–Crippen LogP) is 2.17. The molecule has 0 aliphatic heterocycles. The van der Waals surface area contributed by atoms with Crippen molar-refractivity contribution in [1.82, 2.24) is 14.6 Å². The minimum absolute atomic E-state index is 1.01. The van der Waals surface area contributed by atoms with Crippen molar-refractivity contribution >= 4 is 32.7 Å². The van der Waals surface area contributed by atoms with E-state index in [1.165, 1.54) is 10.1 Å². The highest BCUT2D eigenvalue weighted by Crippen LogP contribution is 2.25. The highest BCUT2D eigenvalue weighted by molar-refractivity contribution is 7.14. The summed E-state index contributed by atoms with van der Waals surface area (Å²) < 4.78 is 4.07. The van der Waals surface area contributed by atoms with E-state index in [1.807, 2.05) is 24.4 Å². The number of aromatic nitrogens is 3. The number of hydrogen-bond donors (Lipinski definition) is 1. The highest BCUT2D eigenvalue weighted by Gasteiger charge is 2.03. The van der Waals surface area contributed by atoms with Crippen LogP contribution in [0.15, 0.2) is 24.4 Å². The molecule has 0 saturated heterocycles. The second-order valence-electron chi connectivity index (χ2n) is 2.60. The van der Waals surface area contributed by atoms with Gasteiger partial charge in [0.15, 0.2) is 0 Å². The van der Waals surface area contributed by atoms with Crippen molar-refractivity contribution in [2.75, 3.05) is 0 Å². The fourth-order valence-electron chi connectivity index (χ4n) is 1.36. The van der Waals surface area contributed by atoms with Gasteiger partial charge in [0.1, 0.15) is 5.52 Å². The lowest BCUT2D eigenvalue weighted by atomic mass is 10.2. The molecule has 0 radical (unpaired) electrons. The van der Waals surface area contributed by atoms with E-state index in [2.05, 4.69) is 14.6 Å². The molecule has 4 heteroatoms. The molecule has 1 aromatic carbocycles. The van der Waals surface area contributed by atoms with Gasteiger partial charge >= 0.3 is 0 Å². The van der Waals surface area contributed by atoms with E-state index < -0.39 is 0 Å². The quantitative estimate of drug-likeness (QED) is 0.569. The number of benzene rings is 1. The van der Waals surface area contributed by atoms with Crippen LogP contribution in [0.4, 0.5) is 0 Å². The predicted molar refractivity (Wildman–Crippen MR) is 49.3 cm³/mol. The lowest BCUT2D eigenvalue weighted by molar-refractivity contribution is 1.20. The first-order chi connectivity index (χ1) is 5.95. The van der Waals surface area contributed by atoms with Crippen LogP contribution in [0, 0.1) is 0 Å². The Morgan fingerprint density at radius 3 is 3.08 bits per heavy atom. The molecule has 2 aromatic heterocycles. The highest BCUT2D eigenvalue weighted by atomic mass is 32.1. The SMILES string of the molecule is c1cc2c(ccc3n[nH]sc32)n1. The molecule has 0 aliphatic carbocycles. The first-order valence-corrected chi connectivity index (χ1v) is 4.44. The summed E-state index contributed by atoms with van der Waals surface area (Å²) in [5.41, 5.74) is 2.06. The van der Waals surface area contributed by atoms with Crippen LogP contribution in [-0.4, -0.2) is 14.6 Å². The van der Waals surface area contributed by atoms with E-state index >= 15 is 0 Å². The number of aromatic amines is 1. The molecule has 3 nitrogen and oxygen atoms in total. The number of fused-ring (bicyclic) bond motifs is 3. The molecular formula is C8H5N3S. The average molecular weight is 175 g/mol. The summed E-state index contributed by atoms with van der Waals surface area (Å²) in [5.74, 6) is 0. The van der Waals surface area contributed by atoms with Gasteiger partial charge in [0.25, 0.3) is 0 Å². The Morgan fingerprint density at radius 1 is 1.17 bits per heavy atom. The van der Waals surface area contributed by atoms with E-state index in [1.54, 1.807) is 11.5 Å². The van der Waals surface area contributed by atoms with Gasteiger partial charge < -0.3 is 0 Å². The lowest BCUT2D eigenvalue weighted by Gasteiger charge is -1.87. The van der Waals surface area contributed by atoms with E-state index in [4.69, 9.17) is 0 Å². The topological polar surface area (TPSA) is 41.6 Å². The van der Waals surface area contributed by atoms with Crippen molar-refractivity contribution in [3.05, 3.63) is 24.4 Å². The van der Waals surface area contributed by atoms with Crippen molar-refractivity contribution in [3.8, 4) is 0 Å². The normalized spacial score (nSPS) is 11.3. The van der Waals surface area contributed by atoms with Gasteiger partial charge in [0.05, 0.1) is 10.2 Å². The molecule has 58 valence electrons. The number of nitrogens with zero attached hydrogens (tertiary/aromatic N) is 2. The zero-order valence-electron chi connectivity index (χ0n) is 6.11. The molecule has 0 aliphatic rings. The average Bonchev–Trinajstić information content (AvgIpc) is 2.71. The maximum atomic E-state index is 4.21. The summed E-state index contributed by atoms with van der Waals surface area (Å²) in [6.45, 7) is 0. The molecule has 3 rings (SSSR count). The Kier molecular flexibility index (Phi) is 1.04. The molecule has 3 aromatic rings.